The molecular weight excluding hydrogens is 222 g/mol. The Labute approximate surface area is 90.9 Å². The van der Waals surface area contributed by atoms with Crippen molar-refractivity contribution in [2.45, 2.75) is 30.8 Å². The molecule has 0 aliphatic rings. The molecule has 0 aromatic heterocycles. The van der Waals surface area contributed by atoms with Gasteiger partial charge in [-0.3, -0.25) is 9.59 Å². The van der Waals surface area contributed by atoms with Crippen LogP contribution < -0.4 is 5.73 Å². The van der Waals surface area contributed by atoms with Crippen LogP contribution in [0.5, 0.6) is 0 Å². The highest BCUT2D eigenvalue weighted by Crippen LogP contribution is 2.04. The number of Topliss-reactive ketones (excluding diaryl/α,β-unsaturated/α-hetero) is 1. The van der Waals surface area contributed by atoms with E-state index in [1.54, 1.807) is 0 Å². The fourth-order valence-electron chi connectivity index (χ4n) is 0.982. The standard InChI is InChI=1S/C8H15NO7/c9-6(3(11)1-5(13)14)8(16)7(15)4(12)2-10/h3-4,6-7,10-12,15H,1-2,9H2,(H,13,14)/t3?,4-,6+,7-/m1/s1. The molecule has 7 N–H and O–H groups in total. The van der Waals surface area contributed by atoms with Crippen LogP contribution >= 0.6 is 0 Å². The lowest BCUT2D eigenvalue weighted by Crippen LogP contribution is -2.51. The van der Waals surface area contributed by atoms with E-state index in [9.17, 15) is 14.7 Å². The molecule has 0 spiro atoms. The van der Waals surface area contributed by atoms with Crippen LogP contribution in [-0.2, 0) is 9.59 Å². The molecule has 0 rings (SSSR count). The predicted molar refractivity (Wildman–Crippen MR) is 50.3 cm³/mol. The van der Waals surface area contributed by atoms with Crippen molar-refractivity contribution in [1.29, 1.82) is 0 Å². The maximum Gasteiger partial charge on any atom is 0.306 e. The normalized spacial score (nSPS) is 18.6. The minimum atomic E-state index is -1.96. The number of hydrogen-bond acceptors (Lipinski definition) is 7. The molecule has 0 aliphatic carbocycles. The van der Waals surface area contributed by atoms with Crippen molar-refractivity contribution in [3.8, 4) is 0 Å². The molecule has 0 radical (unpaired) electrons. The minimum Gasteiger partial charge on any atom is -0.481 e. The van der Waals surface area contributed by atoms with Gasteiger partial charge in [0.2, 0.25) is 0 Å². The molecule has 94 valence electrons. The summed E-state index contributed by atoms with van der Waals surface area (Å²) in [4.78, 5) is 21.5. The van der Waals surface area contributed by atoms with Crippen molar-refractivity contribution in [3.63, 3.8) is 0 Å². The quantitative estimate of drug-likeness (QED) is 0.265. The van der Waals surface area contributed by atoms with Crippen molar-refractivity contribution in [2.24, 2.45) is 5.73 Å². The highest BCUT2D eigenvalue weighted by atomic mass is 16.4. The summed E-state index contributed by atoms with van der Waals surface area (Å²) in [6.45, 7) is -0.853. The second-order valence-corrected chi connectivity index (χ2v) is 3.29. The second kappa shape index (κ2) is 6.51. The first-order valence-electron chi connectivity index (χ1n) is 4.47. The van der Waals surface area contributed by atoms with Gasteiger partial charge in [0.25, 0.3) is 0 Å². The highest BCUT2D eigenvalue weighted by Gasteiger charge is 2.32. The average molecular weight is 237 g/mol. The fourth-order valence-corrected chi connectivity index (χ4v) is 0.982. The van der Waals surface area contributed by atoms with E-state index >= 15 is 0 Å². The van der Waals surface area contributed by atoms with Gasteiger partial charge in [-0.2, -0.15) is 0 Å². The van der Waals surface area contributed by atoms with Crippen LogP contribution in [0.15, 0.2) is 0 Å². The van der Waals surface area contributed by atoms with Gasteiger partial charge in [-0.15, -0.1) is 0 Å². The van der Waals surface area contributed by atoms with Crippen LogP contribution in [-0.4, -0.2) is 68.2 Å². The highest BCUT2D eigenvalue weighted by molar-refractivity contribution is 5.89. The summed E-state index contributed by atoms with van der Waals surface area (Å²) in [5.74, 6) is -2.48. The number of carbonyl (C=O) groups excluding carboxylic acids is 1. The largest absolute Gasteiger partial charge is 0.481 e. The third-order valence-corrected chi connectivity index (χ3v) is 1.97. The van der Waals surface area contributed by atoms with E-state index in [4.69, 9.17) is 26.2 Å². The summed E-state index contributed by atoms with van der Waals surface area (Å²) in [5.41, 5.74) is 5.19. The molecule has 0 aromatic carbocycles. The zero-order valence-electron chi connectivity index (χ0n) is 8.35. The molecule has 0 aromatic rings. The number of hydrogen-bond donors (Lipinski definition) is 6. The lowest BCUT2D eigenvalue weighted by Gasteiger charge is -2.21. The van der Waals surface area contributed by atoms with Crippen LogP contribution in [0.1, 0.15) is 6.42 Å². The number of aliphatic hydroxyl groups excluding tert-OH is 4. The van der Waals surface area contributed by atoms with E-state index in [2.05, 4.69) is 0 Å². The van der Waals surface area contributed by atoms with E-state index in [-0.39, 0.29) is 0 Å². The lowest BCUT2D eigenvalue weighted by atomic mass is 9.98. The molecule has 1 unspecified atom stereocenters. The number of rotatable bonds is 7. The molecule has 4 atom stereocenters. The van der Waals surface area contributed by atoms with Crippen LogP contribution in [0.4, 0.5) is 0 Å². The maximum atomic E-state index is 11.3. The Balaban J connectivity index is 4.42. The second-order valence-electron chi connectivity index (χ2n) is 3.29. The first-order chi connectivity index (χ1) is 7.31. The van der Waals surface area contributed by atoms with Crippen molar-refractivity contribution in [3.05, 3.63) is 0 Å². The summed E-state index contributed by atoms with van der Waals surface area (Å²) in [6.07, 6.45) is -6.08. The zero-order valence-corrected chi connectivity index (χ0v) is 8.35. The van der Waals surface area contributed by atoms with Gasteiger partial charge in [0, 0.05) is 0 Å². The SMILES string of the molecule is N[C@H](C(=O)[C@H](O)[C@H](O)CO)C(O)CC(=O)O. The number of carboxylic acids is 1. The third kappa shape index (κ3) is 4.21. The number of aliphatic carboxylic acids is 1. The lowest BCUT2D eigenvalue weighted by molar-refractivity contribution is -0.142. The topological polar surface area (TPSA) is 161 Å². The Morgan fingerprint density at radius 1 is 1.12 bits per heavy atom. The van der Waals surface area contributed by atoms with E-state index in [0.29, 0.717) is 0 Å². The van der Waals surface area contributed by atoms with Gasteiger partial charge in [-0.05, 0) is 0 Å². The van der Waals surface area contributed by atoms with E-state index < -0.39 is 49.1 Å². The molecule has 0 bridgehead atoms. The molecule has 0 saturated carbocycles. The van der Waals surface area contributed by atoms with Gasteiger partial charge in [0.15, 0.2) is 5.78 Å². The van der Waals surface area contributed by atoms with Gasteiger partial charge >= 0.3 is 5.97 Å². The average Bonchev–Trinajstić information content (AvgIpc) is 2.23. The Kier molecular flexibility index (Phi) is 6.08. The van der Waals surface area contributed by atoms with E-state index in [1.807, 2.05) is 0 Å². The predicted octanol–water partition coefficient (Wildman–Crippen LogP) is -3.57. The molecule has 0 amide bonds. The Morgan fingerprint density at radius 3 is 2.00 bits per heavy atom. The van der Waals surface area contributed by atoms with Crippen molar-refractivity contribution in [1.82, 2.24) is 0 Å². The number of ketones is 1. The first kappa shape index (κ1) is 14.9. The summed E-state index contributed by atoms with van der Waals surface area (Å²) < 4.78 is 0. The van der Waals surface area contributed by atoms with Crippen molar-refractivity contribution < 1.29 is 35.1 Å². The summed E-state index contributed by atoms with van der Waals surface area (Å²) >= 11 is 0. The first-order valence-corrected chi connectivity index (χ1v) is 4.47. The minimum absolute atomic E-state index is 0.755. The zero-order chi connectivity index (χ0) is 12.9. The molecule has 0 saturated heterocycles. The van der Waals surface area contributed by atoms with Gasteiger partial charge in [-0.25, -0.2) is 0 Å². The third-order valence-electron chi connectivity index (χ3n) is 1.97. The molecule has 0 aliphatic heterocycles. The summed E-state index contributed by atoms with van der Waals surface area (Å²) in [6, 6.07) is -1.63. The molecule has 8 nitrogen and oxygen atoms in total. The Hall–Kier alpha value is -1.06. The monoisotopic (exact) mass is 237 g/mol. The van der Waals surface area contributed by atoms with Gasteiger partial charge < -0.3 is 31.3 Å². The molecular formula is C8H15NO7. The van der Waals surface area contributed by atoms with Crippen LogP contribution in [0.25, 0.3) is 0 Å². The summed E-state index contributed by atoms with van der Waals surface area (Å²) in [5, 5.41) is 44.0. The number of aliphatic hydroxyl groups is 4. The Morgan fingerprint density at radius 2 is 1.62 bits per heavy atom. The fraction of sp³-hybridized carbons (Fsp3) is 0.750. The van der Waals surface area contributed by atoms with Gasteiger partial charge in [-0.1, -0.05) is 0 Å². The molecule has 8 heteroatoms. The van der Waals surface area contributed by atoms with Crippen molar-refractivity contribution >= 4 is 11.8 Å². The van der Waals surface area contributed by atoms with Crippen molar-refractivity contribution in [2.75, 3.05) is 6.61 Å². The van der Waals surface area contributed by atoms with Crippen LogP contribution in [0, 0.1) is 0 Å². The molecule has 0 fully saturated rings. The van der Waals surface area contributed by atoms with Crippen LogP contribution in [0.2, 0.25) is 0 Å². The smallest absolute Gasteiger partial charge is 0.306 e. The summed E-state index contributed by atoms with van der Waals surface area (Å²) in [7, 11) is 0. The molecule has 16 heavy (non-hydrogen) atoms. The van der Waals surface area contributed by atoms with Crippen LogP contribution in [0.3, 0.4) is 0 Å². The number of carboxylic acid groups (broad SMARTS) is 1. The number of nitrogens with two attached hydrogens (primary N) is 1. The van der Waals surface area contributed by atoms with Gasteiger partial charge in [0.05, 0.1) is 25.2 Å². The van der Waals surface area contributed by atoms with E-state index in [1.165, 1.54) is 0 Å². The molecule has 0 heterocycles. The van der Waals surface area contributed by atoms with Gasteiger partial charge in [0.1, 0.15) is 12.2 Å². The maximum absolute atomic E-state index is 11.3. The Bertz CT molecular complexity index is 257. The number of carbonyl (C=O) groups is 2. The van der Waals surface area contributed by atoms with E-state index in [0.717, 1.165) is 0 Å².